The average molecular weight is 401 g/mol. The Kier molecular flexibility index (Phi) is 8.26. The van der Waals surface area contributed by atoms with Gasteiger partial charge in [0.1, 0.15) is 5.01 Å². The first-order valence-electron chi connectivity index (χ1n) is 10.1. The molecule has 1 fully saturated rings. The molecule has 2 heterocycles. The van der Waals surface area contributed by atoms with Crippen molar-refractivity contribution < 1.29 is 0 Å². The molecule has 0 unspecified atom stereocenters. The molecular formula is C21H32N6S. The molecule has 6 nitrogen and oxygen atoms in total. The number of hydrogen-bond donors (Lipinski definition) is 2. The van der Waals surface area contributed by atoms with Crippen molar-refractivity contribution in [1.82, 2.24) is 25.4 Å². The summed E-state index contributed by atoms with van der Waals surface area (Å²) in [6, 6.07) is 10.8. The first kappa shape index (κ1) is 20.8. The molecule has 1 aromatic heterocycles. The monoisotopic (exact) mass is 400 g/mol. The van der Waals surface area contributed by atoms with Gasteiger partial charge in [-0.1, -0.05) is 30.3 Å². The van der Waals surface area contributed by atoms with Crippen LogP contribution in [0.3, 0.4) is 0 Å². The number of thiazole rings is 1. The van der Waals surface area contributed by atoms with Crippen molar-refractivity contribution in [2.45, 2.75) is 26.9 Å². The number of benzene rings is 1. The second-order valence-corrected chi connectivity index (χ2v) is 8.41. The molecule has 1 saturated heterocycles. The van der Waals surface area contributed by atoms with E-state index < -0.39 is 0 Å². The zero-order valence-electron chi connectivity index (χ0n) is 17.0. The van der Waals surface area contributed by atoms with Gasteiger partial charge in [0.2, 0.25) is 0 Å². The highest BCUT2D eigenvalue weighted by molar-refractivity contribution is 7.11. The zero-order valence-corrected chi connectivity index (χ0v) is 17.8. The molecular weight excluding hydrogens is 368 g/mol. The van der Waals surface area contributed by atoms with E-state index >= 15 is 0 Å². The molecule has 2 aromatic rings. The number of nitrogens with zero attached hydrogens (tertiary/aromatic N) is 4. The van der Waals surface area contributed by atoms with Gasteiger partial charge in [0.05, 0.1) is 6.54 Å². The van der Waals surface area contributed by atoms with Gasteiger partial charge in [0, 0.05) is 63.4 Å². The fourth-order valence-corrected chi connectivity index (χ4v) is 4.02. The lowest BCUT2D eigenvalue weighted by Crippen LogP contribution is -2.49. The molecule has 28 heavy (non-hydrogen) atoms. The number of rotatable bonds is 8. The molecule has 0 saturated carbocycles. The highest BCUT2D eigenvalue weighted by atomic mass is 32.1. The van der Waals surface area contributed by atoms with E-state index in [1.807, 2.05) is 6.20 Å². The second kappa shape index (κ2) is 11.1. The second-order valence-electron chi connectivity index (χ2n) is 7.09. The number of piperazine rings is 1. The van der Waals surface area contributed by atoms with E-state index in [1.54, 1.807) is 11.3 Å². The van der Waals surface area contributed by atoms with Crippen LogP contribution in [-0.2, 0) is 13.1 Å². The van der Waals surface area contributed by atoms with Crippen molar-refractivity contribution in [2.24, 2.45) is 4.99 Å². The van der Waals surface area contributed by atoms with Gasteiger partial charge in [0.25, 0.3) is 0 Å². The first-order chi connectivity index (χ1) is 13.7. The van der Waals surface area contributed by atoms with Gasteiger partial charge >= 0.3 is 0 Å². The Morgan fingerprint density at radius 1 is 1.11 bits per heavy atom. The summed E-state index contributed by atoms with van der Waals surface area (Å²) in [6.07, 6.45) is 1.91. The smallest absolute Gasteiger partial charge is 0.191 e. The van der Waals surface area contributed by atoms with Crippen LogP contribution in [0, 0.1) is 6.92 Å². The van der Waals surface area contributed by atoms with Crippen LogP contribution in [0.25, 0.3) is 0 Å². The Balaban J connectivity index is 1.36. The molecule has 0 bridgehead atoms. The van der Waals surface area contributed by atoms with Crippen molar-refractivity contribution in [2.75, 3.05) is 45.8 Å². The van der Waals surface area contributed by atoms with Gasteiger partial charge in [-0.2, -0.15) is 0 Å². The van der Waals surface area contributed by atoms with E-state index in [4.69, 9.17) is 0 Å². The minimum atomic E-state index is 0.631. The lowest BCUT2D eigenvalue weighted by Gasteiger charge is -2.34. The third-order valence-electron chi connectivity index (χ3n) is 4.82. The lowest BCUT2D eigenvalue weighted by molar-refractivity contribution is 0.129. The van der Waals surface area contributed by atoms with Crippen molar-refractivity contribution in [3.8, 4) is 0 Å². The SMILES string of the molecule is CCNC(=NCc1ncc(C)s1)NCCN1CCN(Cc2ccccc2)CC1. The minimum Gasteiger partial charge on any atom is -0.357 e. The largest absolute Gasteiger partial charge is 0.357 e. The summed E-state index contributed by atoms with van der Waals surface area (Å²) < 4.78 is 0. The quantitative estimate of drug-likeness (QED) is 0.526. The molecule has 0 amide bonds. The summed E-state index contributed by atoms with van der Waals surface area (Å²) in [5.41, 5.74) is 1.40. The maximum atomic E-state index is 4.65. The molecule has 152 valence electrons. The number of aliphatic imine (C=N–C) groups is 1. The third kappa shape index (κ3) is 6.89. The van der Waals surface area contributed by atoms with E-state index in [1.165, 1.54) is 10.4 Å². The molecule has 1 aliphatic heterocycles. The van der Waals surface area contributed by atoms with Crippen LogP contribution in [0.5, 0.6) is 0 Å². The molecule has 3 rings (SSSR count). The van der Waals surface area contributed by atoms with Crippen LogP contribution >= 0.6 is 11.3 Å². The normalized spacial score (nSPS) is 16.3. The highest BCUT2D eigenvalue weighted by Gasteiger charge is 2.16. The number of aromatic nitrogens is 1. The molecule has 0 spiro atoms. The summed E-state index contributed by atoms with van der Waals surface area (Å²) in [5.74, 6) is 0.873. The Bertz CT molecular complexity index is 722. The fourth-order valence-electron chi connectivity index (χ4n) is 3.31. The lowest BCUT2D eigenvalue weighted by atomic mass is 10.2. The van der Waals surface area contributed by atoms with E-state index in [-0.39, 0.29) is 0 Å². The van der Waals surface area contributed by atoms with Crippen molar-refractivity contribution >= 4 is 17.3 Å². The Morgan fingerprint density at radius 3 is 2.54 bits per heavy atom. The van der Waals surface area contributed by atoms with Gasteiger partial charge in [-0.05, 0) is 19.4 Å². The summed E-state index contributed by atoms with van der Waals surface area (Å²) >= 11 is 1.71. The van der Waals surface area contributed by atoms with E-state index in [9.17, 15) is 0 Å². The van der Waals surface area contributed by atoms with Crippen molar-refractivity contribution in [1.29, 1.82) is 0 Å². The zero-order chi connectivity index (χ0) is 19.6. The van der Waals surface area contributed by atoms with Gasteiger partial charge in [-0.3, -0.25) is 9.80 Å². The van der Waals surface area contributed by atoms with Crippen molar-refractivity contribution in [3.63, 3.8) is 0 Å². The van der Waals surface area contributed by atoms with Gasteiger partial charge in [0.15, 0.2) is 5.96 Å². The maximum Gasteiger partial charge on any atom is 0.191 e. The van der Waals surface area contributed by atoms with Crippen molar-refractivity contribution in [3.05, 3.63) is 52.0 Å². The van der Waals surface area contributed by atoms with Crippen LogP contribution < -0.4 is 10.6 Å². The third-order valence-corrected chi connectivity index (χ3v) is 5.72. The molecule has 0 aliphatic carbocycles. The van der Waals surface area contributed by atoms with Crippen LogP contribution in [-0.4, -0.2) is 66.6 Å². The van der Waals surface area contributed by atoms with Gasteiger partial charge in [-0.25, -0.2) is 9.98 Å². The Hall–Kier alpha value is -1.96. The summed E-state index contributed by atoms with van der Waals surface area (Å²) in [5, 5.41) is 7.84. The van der Waals surface area contributed by atoms with Crippen LogP contribution in [0.1, 0.15) is 22.4 Å². The van der Waals surface area contributed by atoms with E-state index in [2.05, 4.69) is 74.6 Å². The summed E-state index contributed by atoms with van der Waals surface area (Å²) in [4.78, 5) is 15.3. The topological polar surface area (TPSA) is 55.8 Å². The summed E-state index contributed by atoms with van der Waals surface area (Å²) in [6.45, 7) is 13.2. The highest BCUT2D eigenvalue weighted by Crippen LogP contribution is 2.11. The Morgan fingerprint density at radius 2 is 1.86 bits per heavy atom. The van der Waals surface area contributed by atoms with E-state index in [0.29, 0.717) is 6.54 Å². The number of nitrogens with one attached hydrogen (secondary N) is 2. The van der Waals surface area contributed by atoms with Crippen LogP contribution in [0.2, 0.25) is 0 Å². The fraction of sp³-hybridized carbons (Fsp3) is 0.524. The molecule has 0 radical (unpaired) electrons. The van der Waals surface area contributed by atoms with E-state index in [0.717, 1.165) is 63.3 Å². The Labute approximate surface area is 172 Å². The first-order valence-corrected chi connectivity index (χ1v) is 11.0. The predicted octanol–water partition coefficient (Wildman–Crippen LogP) is 2.32. The average Bonchev–Trinajstić information content (AvgIpc) is 3.13. The standard InChI is InChI=1S/C21H32N6S/c1-3-22-21(25-16-20-24-15-18(2)28-20)23-9-10-26-11-13-27(14-12-26)17-19-7-5-4-6-8-19/h4-8,15H,3,9-14,16-17H2,1-2H3,(H2,22,23,25). The van der Waals surface area contributed by atoms with Crippen LogP contribution in [0.15, 0.2) is 41.5 Å². The predicted molar refractivity (Wildman–Crippen MR) is 118 cm³/mol. The van der Waals surface area contributed by atoms with Gasteiger partial charge in [-0.15, -0.1) is 11.3 Å². The number of guanidine groups is 1. The molecule has 1 aromatic carbocycles. The van der Waals surface area contributed by atoms with Crippen LogP contribution in [0.4, 0.5) is 0 Å². The van der Waals surface area contributed by atoms with Gasteiger partial charge < -0.3 is 10.6 Å². The molecule has 2 N–H and O–H groups in total. The minimum absolute atomic E-state index is 0.631. The number of aryl methyl sites for hydroxylation is 1. The summed E-state index contributed by atoms with van der Waals surface area (Å²) in [7, 11) is 0. The maximum absolute atomic E-state index is 4.65. The molecule has 7 heteroatoms. The molecule has 0 atom stereocenters. The number of hydrogen-bond acceptors (Lipinski definition) is 5. The molecule has 1 aliphatic rings.